The molecule has 4 nitrogen and oxygen atoms in total. The van der Waals surface area contributed by atoms with E-state index in [9.17, 15) is 9.90 Å². The molecule has 1 heterocycles. The summed E-state index contributed by atoms with van der Waals surface area (Å²) >= 11 is 0. The molecule has 122 valence electrons. The van der Waals surface area contributed by atoms with Crippen molar-refractivity contribution in [2.24, 2.45) is 0 Å². The van der Waals surface area contributed by atoms with Gasteiger partial charge in [0, 0.05) is 11.3 Å². The number of carboxylic acids is 1. The van der Waals surface area contributed by atoms with Crippen LogP contribution in [0.5, 0.6) is 0 Å². The van der Waals surface area contributed by atoms with Crippen molar-refractivity contribution in [2.75, 3.05) is 0 Å². The van der Waals surface area contributed by atoms with Crippen LogP contribution in [0.4, 0.5) is 0 Å². The van der Waals surface area contributed by atoms with Gasteiger partial charge in [-0.1, -0.05) is 33.1 Å². The van der Waals surface area contributed by atoms with Gasteiger partial charge in [-0.25, -0.2) is 0 Å². The SMILES string of the molecule is CC(C)c1nn(C2CCCCC2)c2c1C(CC(=O)O)CCC2. The molecule has 0 saturated heterocycles. The van der Waals surface area contributed by atoms with Crippen LogP contribution in [0.15, 0.2) is 0 Å². The van der Waals surface area contributed by atoms with E-state index in [1.807, 2.05) is 0 Å². The number of carbonyl (C=O) groups is 1. The molecule has 0 spiro atoms. The van der Waals surface area contributed by atoms with E-state index in [0.717, 1.165) is 25.0 Å². The Labute approximate surface area is 132 Å². The maximum Gasteiger partial charge on any atom is 0.303 e. The second kappa shape index (κ2) is 6.43. The van der Waals surface area contributed by atoms with Crippen LogP contribution in [0.3, 0.4) is 0 Å². The molecular formula is C18H28N2O2. The zero-order valence-corrected chi connectivity index (χ0v) is 13.8. The average molecular weight is 304 g/mol. The van der Waals surface area contributed by atoms with E-state index in [0.29, 0.717) is 12.0 Å². The predicted molar refractivity (Wildman–Crippen MR) is 86.4 cm³/mol. The van der Waals surface area contributed by atoms with Gasteiger partial charge in [0.15, 0.2) is 0 Å². The maximum absolute atomic E-state index is 11.2. The molecule has 0 aliphatic heterocycles. The molecule has 1 fully saturated rings. The third-order valence-electron chi connectivity index (χ3n) is 5.34. The van der Waals surface area contributed by atoms with Crippen LogP contribution in [-0.4, -0.2) is 20.9 Å². The van der Waals surface area contributed by atoms with Crippen LogP contribution >= 0.6 is 0 Å². The third-order valence-corrected chi connectivity index (χ3v) is 5.34. The van der Waals surface area contributed by atoms with Gasteiger partial charge in [0.05, 0.1) is 18.2 Å². The summed E-state index contributed by atoms with van der Waals surface area (Å²) in [4.78, 5) is 11.2. The molecule has 1 atom stereocenters. The van der Waals surface area contributed by atoms with Crippen LogP contribution in [0.1, 0.15) is 100 Å². The van der Waals surface area contributed by atoms with Crippen molar-refractivity contribution >= 4 is 5.97 Å². The molecule has 1 aromatic heterocycles. The number of carboxylic acid groups (broad SMARTS) is 1. The first-order chi connectivity index (χ1) is 10.6. The van der Waals surface area contributed by atoms with Gasteiger partial charge in [0.1, 0.15) is 0 Å². The molecule has 1 N–H and O–H groups in total. The Morgan fingerprint density at radius 2 is 1.95 bits per heavy atom. The van der Waals surface area contributed by atoms with Crippen molar-refractivity contribution in [3.63, 3.8) is 0 Å². The standard InChI is InChI=1S/C18H28N2O2/c1-12(2)18-17-13(11-16(21)22)7-6-10-15(17)20(19-18)14-8-4-3-5-9-14/h12-14H,3-11H2,1-2H3,(H,21,22). The van der Waals surface area contributed by atoms with Crippen LogP contribution in [-0.2, 0) is 11.2 Å². The summed E-state index contributed by atoms with van der Waals surface area (Å²) in [5.74, 6) is -0.151. The Hall–Kier alpha value is -1.32. The van der Waals surface area contributed by atoms with E-state index in [1.165, 1.54) is 43.4 Å². The molecule has 1 saturated carbocycles. The van der Waals surface area contributed by atoms with E-state index in [4.69, 9.17) is 5.10 Å². The lowest BCUT2D eigenvalue weighted by atomic mass is 9.81. The second-order valence-corrected chi connectivity index (χ2v) is 7.32. The molecule has 3 rings (SSSR count). The molecule has 0 aromatic carbocycles. The van der Waals surface area contributed by atoms with Crippen LogP contribution in [0.25, 0.3) is 0 Å². The minimum absolute atomic E-state index is 0.163. The van der Waals surface area contributed by atoms with Gasteiger partial charge in [-0.05, 0) is 43.9 Å². The van der Waals surface area contributed by atoms with Crippen LogP contribution < -0.4 is 0 Å². The molecule has 4 heteroatoms. The Morgan fingerprint density at radius 3 is 2.59 bits per heavy atom. The largest absolute Gasteiger partial charge is 0.481 e. The lowest BCUT2D eigenvalue weighted by molar-refractivity contribution is -0.137. The number of hydrogen-bond donors (Lipinski definition) is 1. The first-order valence-corrected chi connectivity index (χ1v) is 8.91. The lowest BCUT2D eigenvalue weighted by Crippen LogP contribution is -2.20. The van der Waals surface area contributed by atoms with Crippen LogP contribution in [0.2, 0.25) is 0 Å². The zero-order chi connectivity index (χ0) is 15.7. The van der Waals surface area contributed by atoms with E-state index in [-0.39, 0.29) is 12.3 Å². The molecule has 2 aliphatic rings. The molecule has 1 aromatic rings. The van der Waals surface area contributed by atoms with Gasteiger partial charge in [-0.3, -0.25) is 9.48 Å². The number of aliphatic carboxylic acids is 1. The van der Waals surface area contributed by atoms with Crippen molar-refractivity contribution in [1.29, 1.82) is 0 Å². The predicted octanol–water partition coefficient (Wildman–Crippen LogP) is 4.41. The Morgan fingerprint density at radius 1 is 1.23 bits per heavy atom. The summed E-state index contributed by atoms with van der Waals surface area (Å²) in [5.41, 5.74) is 3.80. The highest BCUT2D eigenvalue weighted by molar-refractivity contribution is 5.68. The molecular weight excluding hydrogens is 276 g/mol. The number of nitrogens with zero attached hydrogens (tertiary/aromatic N) is 2. The summed E-state index contributed by atoms with van der Waals surface area (Å²) in [6.07, 6.45) is 9.83. The van der Waals surface area contributed by atoms with E-state index in [1.54, 1.807) is 0 Å². The van der Waals surface area contributed by atoms with E-state index >= 15 is 0 Å². The monoisotopic (exact) mass is 304 g/mol. The number of hydrogen-bond acceptors (Lipinski definition) is 2. The van der Waals surface area contributed by atoms with E-state index in [2.05, 4.69) is 18.5 Å². The van der Waals surface area contributed by atoms with Gasteiger partial charge >= 0.3 is 5.97 Å². The van der Waals surface area contributed by atoms with Gasteiger partial charge in [-0.2, -0.15) is 5.10 Å². The second-order valence-electron chi connectivity index (χ2n) is 7.32. The summed E-state index contributed by atoms with van der Waals surface area (Å²) in [5, 5.41) is 14.2. The Kier molecular flexibility index (Phi) is 4.55. The molecule has 22 heavy (non-hydrogen) atoms. The van der Waals surface area contributed by atoms with Gasteiger partial charge in [0.2, 0.25) is 0 Å². The normalized spacial score (nSPS) is 22.8. The third kappa shape index (κ3) is 2.92. The minimum Gasteiger partial charge on any atom is -0.481 e. The molecule has 1 unspecified atom stereocenters. The lowest BCUT2D eigenvalue weighted by Gasteiger charge is -2.27. The molecule has 0 bridgehead atoms. The number of rotatable bonds is 4. The highest BCUT2D eigenvalue weighted by Gasteiger charge is 2.32. The van der Waals surface area contributed by atoms with Gasteiger partial charge in [-0.15, -0.1) is 0 Å². The zero-order valence-electron chi connectivity index (χ0n) is 13.8. The topological polar surface area (TPSA) is 55.1 Å². The fourth-order valence-corrected chi connectivity index (χ4v) is 4.32. The van der Waals surface area contributed by atoms with Crippen molar-refractivity contribution in [3.05, 3.63) is 17.0 Å². The van der Waals surface area contributed by atoms with Crippen LogP contribution in [0, 0.1) is 0 Å². The molecule has 0 amide bonds. The summed E-state index contributed by atoms with van der Waals surface area (Å²) in [6.45, 7) is 4.36. The first kappa shape index (κ1) is 15.6. The number of fused-ring (bicyclic) bond motifs is 1. The Balaban J connectivity index is 2.00. The van der Waals surface area contributed by atoms with Gasteiger partial charge in [0.25, 0.3) is 0 Å². The quantitative estimate of drug-likeness (QED) is 0.896. The van der Waals surface area contributed by atoms with Crippen molar-refractivity contribution in [1.82, 2.24) is 9.78 Å². The molecule has 0 radical (unpaired) electrons. The van der Waals surface area contributed by atoms with Crippen molar-refractivity contribution < 1.29 is 9.90 Å². The average Bonchev–Trinajstić information content (AvgIpc) is 2.88. The number of aromatic nitrogens is 2. The minimum atomic E-state index is -0.682. The fourth-order valence-electron chi connectivity index (χ4n) is 4.32. The molecule has 2 aliphatic carbocycles. The highest BCUT2D eigenvalue weighted by atomic mass is 16.4. The fraction of sp³-hybridized carbons (Fsp3) is 0.778. The highest BCUT2D eigenvalue weighted by Crippen LogP contribution is 2.41. The van der Waals surface area contributed by atoms with E-state index < -0.39 is 5.97 Å². The summed E-state index contributed by atoms with van der Waals surface area (Å²) < 4.78 is 2.30. The van der Waals surface area contributed by atoms with Crippen molar-refractivity contribution in [3.8, 4) is 0 Å². The smallest absolute Gasteiger partial charge is 0.303 e. The summed E-state index contributed by atoms with van der Waals surface area (Å²) in [7, 11) is 0. The van der Waals surface area contributed by atoms with Crippen molar-refractivity contribution in [2.45, 2.75) is 89.5 Å². The summed E-state index contributed by atoms with van der Waals surface area (Å²) in [6, 6.07) is 0.540. The first-order valence-electron chi connectivity index (χ1n) is 8.91. The maximum atomic E-state index is 11.2. The van der Waals surface area contributed by atoms with Gasteiger partial charge < -0.3 is 5.11 Å². The Bertz CT molecular complexity index is 542.